The van der Waals surface area contributed by atoms with Gasteiger partial charge in [0.25, 0.3) is 0 Å². The van der Waals surface area contributed by atoms with Crippen LogP contribution in [0, 0.1) is 10.7 Å². The lowest BCUT2D eigenvalue weighted by molar-refractivity contribution is -0.150. The van der Waals surface area contributed by atoms with Gasteiger partial charge >= 0.3 is 5.97 Å². The normalized spacial score (nSPS) is 17.3. The summed E-state index contributed by atoms with van der Waals surface area (Å²) in [6, 6.07) is 13.6. The van der Waals surface area contributed by atoms with Gasteiger partial charge in [-0.25, -0.2) is 4.68 Å². The van der Waals surface area contributed by atoms with Crippen LogP contribution in [0.25, 0.3) is 17.3 Å². The van der Waals surface area contributed by atoms with Gasteiger partial charge in [0.1, 0.15) is 0 Å². The van der Waals surface area contributed by atoms with Gasteiger partial charge < -0.3 is 9.15 Å². The molecule has 0 radical (unpaired) electrons. The van der Waals surface area contributed by atoms with Crippen LogP contribution in [0.15, 0.2) is 53.1 Å². The number of piperidine rings is 1. The standard InChI is InChI=1S/C21H24N4O3S/c1-2-27-20(26)16-8-6-12-23(14-16)15-24-21(29)25(17-9-4-3-5-10-17)19(22-24)18-11-7-13-28-18/h3-5,7,9-11,13,16H,2,6,8,12,14-15H2,1H3/t16-/m0/s1. The molecule has 8 heteroatoms. The van der Waals surface area contributed by atoms with Crippen molar-refractivity contribution in [2.45, 2.75) is 26.4 Å². The lowest BCUT2D eigenvalue weighted by Gasteiger charge is -2.31. The lowest BCUT2D eigenvalue weighted by atomic mass is 9.99. The van der Waals surface area contributed by atoms with Crippen molar-refractivity contribution >= 4 is 18.2 Å². The van der Waals surface area contributed by atoms with Crippen molar-refractivity contribution in [2.24, 2.45) is 5.92 Å². The van der Waals surface area contributed by atoms with E-state index in [1.807, 2.05) is 54.0 Å². The van der Waals surface area contributed by atoms with Crippen molar-refractivity contribution in [2.75, 3.05) is 19.7 Å². The molecule has 1 aliphatic heterocycles. The average molecular weight is 413 g/mol. The van der Waals surface area contributed by atoms with Gasteiger partial charge in [0.05, 0.1) is 31.1 Å². The van der Waals surface area contributed by atoms with Crippen LogP contribution in [0.1, 0.15) is 19.8 Å². The van der Waals surface area contributed by atoms with E-state index in [4.69, 9.17) is 26.5 Å². The van der Waals surface area contributed by atoms with E-state index in [-0.39, 0.29) is 11.9 Å². The summed E-state index contributed by atoms with van der Waals surface area (Å²) in [5, 5.41) is 4.75. The topological polar surface area (TPSA) is 65.4 Å². The second-order valence-electron chi connectivity index (χ2n) is 7.06. The number of benzene rings is 1. The van der Waals surface area contributed by atoms with Crippen LogP contribution in [0.3, 0.4) is 0 Å². The Hall–Kier alpha value is -2.71. The number of carbonyl (C=O) groups is 1. The van der Waals surface area contributed by atoms with Crippen LogP contribution in [-0.4, -0.2) is 44.9 Å². The summed E-state index contributed by atoms with van der Waals surface area (Å²) < 4.78 is 15.1. The van der Waals surface area contributed by atoms with Crippen LogP contribution in [0.4, 0.5) is 0 Å². The molecule has 1 aromatic carbocycles. The van der Waals surface area contributed by atoms with Gasteiger partial charge in [0.15, 0.2) is 5.76 Å². The predicted octanol–water partition coefficient (Wildman–Crippen LogP) is 3.90. The number of aromatic nitrogens is 3. The fraction of sp³-hybridized carbons (Fsp3) is 0.381. The molecule has 3 heterocycles. The first-order valence-corrected chi connectivity index (χ1v) is 10.3. The van der Waals surface area contributed by atoms with E-state index >= 15 is 0 Å². The SMILES string of the molecule is CCOC(=O)[C@H]1CCCN(Cn2nc(-c3ccco3)n(-c3ccccc3)c2=S)C1. The van der Waals surface area contributed by atoms with Gasteiger partial charge in [-0.2, -0.15) is 0 Å². The first kappa shape index (κ1) is 19.6. The van der Waals surface area contributed by atoms with Crippen molar-refractivity contribution in [3.05, 3.63) is 53.5 Å². The molecule has 0 amide bonds. The molecule has 0 spiro atoms. The van der Waals surface area contributed by atoms with Crippen molar-refractivity contribution in [3.63, 3.8) is 0 Å². The van der Waals surface area contributed by atoms with Crippen molar-refractivity contribution in [3.8, 4) is 17.3 Å². The molecule has 0 N–H and O–H groups in total. The van der Waals surface area contributed by atoms with Crippen molar-refractivity contribution in [1.82, 2.24) is 19.2 Å². The molecule has 1 fully saturated rings. The van der Waals surface area contributed by atoms with Gasteiger partial charge in [-0.3, -0.25) is 14.3 Å². The highest BCUT2D eigenvalue weighted by Crippen LogP contribution is 2.24. The lowest BCUT2D eigenvalue weighted by Crippen LogP contribution is -2.40. The molecule has 152 valence electrons. The van der Waals surface area contributed by atoms with E-state index in [1.165, 1.54) is 0 Å². The summed E-state index contributed by atoms with van der Waals surface area (Å²) >= 11 is 5.76. The summed E-state index contributed by atoms with van der Waals surface area (Å²) in [5.41, 5.74) is 0.929. The maximum absolute atomic E-state index is 12.2. The third-order valence-electron chi connectivity index (χ3n) is 5.05. The quantitative estimate of drug-likeness (QED) is 0.452. The van der Waals surface area contributed by atoms with Crippen LogP contribution < -0.4 is 0 Å². The number of hydrogen-bond donors (Lipinski definition) is 0. The fourth-order valence-corrected chi connectivity index (χ4v) is 3.99. The molecule has 0 bridgehead atoms. The zero-order chi connectivity index (χ0) is 20.2. The molecule has 3 aromatic rings. The maximum atomic E-state index is 12.2. The zero-order valence-corrected chi connectivity index (χ0v) is 17.2. The van der Waals surface area contributed by atoms with Crippen molar-refractivity contribution < 1.29 is 13.9 Å². The largest absolute Gasteiger partial charge is 0.466 e. The highest BCUT2D eigenvalue weighted by Gasteiger charge is 2.27. The van der Waals surface area contributed by atoms with Crippen LogP contribution in [-0.2, 0) is 16.2 Å². The molecule has 1 atom stereocenters. The number of nitrogens with zero attached hydrogens (tertiary/aromatic N) is 4. The minimum Gasteiger partial charge on any atom is -0.466 e. The van der Waals surface area contributed by atoms with Crippen LogP contribution in [0.2, 0.25) is 0 Å². The highest BCUT2D eigenvalue weighted by atomic mass is 32.1. The Labute approximate surface area is 174 Å². The van der Waals surface area contributed by atoms with Gasteiger partial charge in [-0.15, -0.1) is 5.10 Å². The summed E-state index contributed by atoms with van der Waals surface area (Å²) in [6.45, 7) is 4.31. The van der Waals surface area contributed by atoms with E-state index in [2.05, 4.69) is 4.90 Å². The van der Waals surface area contributed by atoms with E-state index < -0.39 is 0 Å². The Morgan fingerprint density at radius 3 is 2.83 bits per heavy atom. The molecule has 1 aliphatic rings. The molecular formula is C21H24N4O3S. The van der Waals surface area contributed by atoms with E-state index in [9.17, 15) is 4.79 Å². The summed E-state index contributed by atoms with van der Waals surface area (Å²) in [7, 11) is 0. The molecule has 0 aliphatic carbocycles. The molecule has 29 heavy (non-hydrogen) atoms. The third-order valence-corrected chi connectivity index (χ3v) is 5.45. The highest BCUT2D eigenvalue weighted by molar-refractivity contribution is 7.71. The first-order valence-electron chi connectivity index (χ1n) is 9.85. The fourth-order valence-electron chi connectivity index (χ4n) is 3.70. The van der Waals surface area contributed by atoms with Gasteiger partial charge in [0.2, 0.25) is 10.6 Å². The second-order valence-corrected chi connectivity index (χ2v) is 7.43. The number of esters is 1. The Balaban J connectivity index is 1.63. The van der Waals surface area contributed by atoms with E-state index in [1.54, 1.807) is 10.9 Å². The molecule has 0 unspecified atom stereocenters. The smallest absolute Gasteiger partial charge is 0.310 e. The molecule has 0 saturated carbocycles. The molecule has 1 saturated heterocycles. The van der Waals surface area contributed by atoms with Crippen LogP contribution >= 0.6 is 12.2 Å². The summed E-state index contributed by atoms with van der Waals surface area (Å²) in [4.78, 5) is 14.4. The van der Waals surface area contributed by atoms with Crippen LogP contribution in [0.5, 0.6) is 0 Å². The average Bonchev–Trinajstić information content (AvgIpc) is 3.38. The first-order chi connectivity index (χ1) is 14.2. The number of carbonyl (C=O) groups excluding carboxylic acids is 1. The van der Waals surface area contributed by atoms with E-state index in [0.717, 1.165) is 25.1 Å². The zero-order valence-electron chi connectivity index (χ0n) is 16.4. The number of furan rings is 1. The molecule has 2 aromatic heterocycles. The third kappa shape index (κ3) is 4.18. The van der Waals surface area contributed by atoms with E-state index in [0.29, 0.717) is 36.2 Å². The summed E-state index contributed by atoms with van der Waals surface area (Å²) in [6.07, 6.45) is 3.43. The molecule has 7 nitrogen and oxygen atoms in total. The second kappa shape index (κ2) is 8.75. The Bertz CT molecular complexity index is 1010. The Kier molecular flexibility index (Phi) is 5.92. The monoisotopic (exact) mass is 412 g/mol. The van der Waals surface area contributed by atoms with Gasteiger partial charge in [0, 0.05) is 6.54 Å². The Morgan fingerprint density at radius 2 is 2.10 bits per heavy atom. The number of likely N-dealkylation sites (tertiary alicyclic amines) is 1. The molecular weight excluding hydrogens is 388 g/mol. The number of ether oxygens (including phenoxy) is 1. The van der Waals surface area contributed by atoms with Crippen molar-refractivity contribution in [1.29, 1.82) is 0 Å². The van der Waals surface area contributed by atoms with Gasteiger partial charge in [-0.05, 0) is 62.8 Å². The number of para-hydroxylation sites is 1. The maximum Gasteiger partial charge on any atom is 0.310 e. The predicted molar refractivity (Wildman–Crippen MR) is 111 cm³/mol. The van der Waals surface area contributed by atoms with Gasteiger partial charge in [-0.1, -0.05) is 18.2 Å². The Morgan fingerprint density at radius 1 is 1.28 bits per heavy atom. The number of hydrogen-bond acceptors (Lipinski definition) is 6. The summed E-state index contributed by atoms with van der Waals surface area (Å²) in [5.74, 6) is 1.09. The molecule has 4 rings (SSSR count). The number of rotatable bonds is 6. The minimum atomic E-state index is -0.119. The minimum absolute atomic E-state index is 0.0985.